The van der Waals surface area contributed by atoms with Crippen LogP contribution >= 0.6 is 39.1 Å². The summed E-state index contributed by atoms with van der Waals surface area (Å²) in [4.78, 5) is 0. The minimum absolute atomic E-state index is 0.102. The van der Waals surface area contributed by atoms with Crippen LogP contribution in [-0.4, -0.2) is 0 Å². The van der Waals surface area contributed by atoms with Crippen LogP contribution in [0.25, 0.3) is 0 Å². The van der Waals surface area contributed by atoms with Gasteiger partial charge in [0, 0.05) is 15.5 Å². The summed E-state index contributed by atoms with van der Waals surface area (Å²) in [5, 5.41) is 0.717. The molecule has 0 aromatic heterocycles. The van der Waals surface area contributed by atoms with Crippen LogP contribution < -0.4 is 5.73 Å². The number of rotatable bonds is 3. The van der Waals surface area contributed by atoms with E-state index in [-0.39, 0.29) is 11.1 Å². The fourth-order valence-electron chi connectivity index (χ4n) is 1.83. The molecule has 2 rings (SSSR count). The highest BCUT2D eigenvalue weighted by atomic mass is 79.9. The van der Waals surface area contributed by atoms with Crippen molar-refractivity contribution in [1.29, 1.82) is 0 Å². The van der Waals surface area contributed by atoms with Crippen molar-refractivity contribution in [3.8, 4) is 0 Å². The molecule has 2 aromatic rings. The molecular formula is C14H11BrCl2FN. The molecular weight excluding hydrogens is 352 g/mol. The molecule has 0 spiro atoms. The fourth-order valence-corrected chi connectivity index (χ4v) is 2.67. The molecule has 0 aliphatic carbocycles. The molecule has 1 atom stereocenters. The normalized spacial score (nSPS) is 12.5. The summed E-state index contributed by atoms with van der Waals surface area (Å²) < 4.78 is 14.0. The Balaban J connectivity index is 2.22. The summed E-state index contributed by atoms with van der Waals surface area (Å²) in [6.45, 7) is 0. The van der Waals surface area contributed by atoms with E-state index in [2.05, 4.69) is 15.9 Å². The third kappa shape index (κ3) is 3.69. The SMILES string of the molecule is NC(Cc1ccc(F)c(Cl)c1)c1cc(Br)ccc1Cl. The first-order valence-electron chi connectivity index (χ1n) is 5.62. The second-order valence-corrected chi connectivity index (χ2v) is 5.95. The van der Waals surface area contributed by atoms with Gasteiger partial charge in [-0.05, 0) is 47.9 Å². The molecule has 0 aliphatic rings. The monoisotopic (exact) mass is 361 g/mol. The second-order valence-electron chi connectivity index (χ2n) is 4.22. The zero-order valence-corrected chi connectivity index (χ0v) is 12.9. The van der Waals surface area contributed by atoms with Gasteiger partial charge in [0.2, 0.25) is 0 Å². The quantitative estimate of drug-likeness (QED) is 0.803. The Hall–Kier alpha value is -0.610. The fraction of sp³-hybridized carbons (Fsp3) is 0.143. The smallest absolute Gasteiger partial charge is 0.141 e. The van der Waals surface area contributed by atoms with Crippen molar-refractivity contribution in [3.05, 3.63) is 67.9 Å². The van der Waals surface area contributed by atoms with E-state index in [4.69, 9.17) is 28.9 Å². The van der Waals surface area contributed by atoms with Gasteiger partial charge >= 0.3 is 0 Å². The Morgan fingerprint density at radius 1 is 1.11 bits per heavy atom. The molecule has 0 bridgehead atoms. The molecule has 0 amide bonds. The third-order valence-electron chi connectivity index (χ3n) is 2.80. The zero-order chi connectivity index (χ0) is 14.0. The molecule has 2 N–H and O–H groups in total. The maximum Gasteiger partial charge on any atom is 0.141 e. The summed E-state index contributed by atoms with van der Waals surface area (Å²) >= 11 is 15.3. The van der Waals surface area contributed by atoms with Crippen LogP contribution in [0, 0.1) is 5.82 Å². The van der Waals surface area contributed by atoms with Crippen LogP contribution in [0.3, 0.4) is 0 Å². The topological polar surface area (TPSA) is 26.0 Å². The van der Waals surface area contributed by atoms with E-state index in [0.29, 0.717) is 11.4 Å². The van der Waals surface area contributed by atoms with Crippen molar-refractivity contribution in [2.75, 3.05) is 0 Å². The molecule has 5 heteroatoms. The Labute approximate surface area is 129 Å². The maximum atomic E-state index is 13.1. The largest absolute Gasteiger partial charge is 0.324 e. The van der Waals surface area contributed by atoms with Gasteiger partial charge in [0.25, 0.3) is 0 Å². The van der Waals surface area contributed by atoms with E-state index in [0.717, 1.165) is 15.6 Å². The van der Waals surface area contributed by atoms with Crippen LogP contribution in [0.2, 0.25) is 10.0 Å². The zero-order valence-electron chi connectivity index (χ0n) is 9.84. The van der Waals surface area contributed by atoms with Crippen LogP contribution in [-0.2, 0) is 6.42 Å². The Morgan fingerprint density at radius 2 is 1.84 bits per heavy atom. The summed E-state index contributed by atoms with van der Waals surface area (Å²) in [5.41, 5.74) is 7.86. The predicted molar refractivity (Wildman–Crippen MR) is 81.2 cm³/mol. The minimum atomic E-state index is -0.431. The van der Waals surface area contributed by atoms with E-state index < -0.39 is 5.82 Å². The van der Waals surface area contributed by atoms with Gasteiger partial charge in [0.15, 0.2) is 0 Å². The minimum Gasteiger partial charge on any atom is -0.324 e. The molecule has 2 aromatic carbocycles. The lowest BCUT2D eigenvalue weighted by Crippen LogP contribution is -2.14. The van der Waals surface area contributed by atoms with Gasteiger partial charge in [-0.3, -0.25) is 0 Å². The molecule has 1 unspecified atom stereocenters. The first-order valence-corrected chi connectivity index (χ1v) is 7.16. The van der Waals surface area contributed by atoms with Crippen molar-refractivity contribution < 1.29 is 4.39 Å². The lowest BCUT2D eigenvalue weighted by molar-refractivity contribution is 0.626. The summed E-state index contributed by atoms with van der Waals surface area (Å²) in [6, 6.07) is 9.86. The third-order valence-corrected chi connectivity index (χ3v) is 3.92. The standard InChI is InChI=1S/C14H11BrCl2FN/c15-9-2-3-11(16)10(7-9)14(19)6-8-1-4-13(18)12(17)5-8/h1-5,7,14H,6,19H2. The molecule has 0 saturated carbocycles. The van der Waals surface area contributed by atoms with Crippen LogP contribution in [0.5, 0.6) is 0 Å². The van der Waals surface area contributed by atoms with Crippen molar-refractivity contribution >= 4 is 39.1 Å². The molecule has 0 heterocycles. The van der Waals surface area contributed by atoms with Crippen LogP contribution in [0.4, 0.5) is 4.39 Å². The Kier molecular flexibility index (Phi) is 4.85. The average Bonchev–Trinajstić information content (AvgIpc) is 2.36. The van der Waals surface area contributed by atoms with E-state index >= 15 is 0 Å². The van der Waals surface area contributed by atoms with E-state index in [1.54, 1.807) is 18.2 Å². The number of hydrogen-bond acceptors (Lipinski definition) is 1. The van der Waals surface area contributed by atoms with Gasteiger partial charge in [-0.15, -0.1) is 0 Å². The number of hydrogen-bond donors (Lipinski definition) is 1. The molecule has 0 radical (unpaired) electrons. The van der Waals surface area contributed by atoms with Gasteiger partial charge in [0.05, 0.1) is 5.02 Å². The maximum absolute atomic E-state index is 13.1. The molecule has 19 heavy (non-hydrogen) atoms. The lowest BCUT2D eigenvalue weighted by atomic mass is 10.00. The molecule has 0 aliphatic heterocycles. The van der Waals surface area contributed by atoms with Crippen LogP contribution in [0.1, 0.15) is 17.2 Å². The summed E-state index contributed by atoms with van der Waals surface area (Å²) in [6.07, 6.45) is 0.538. The summed E-state index contributed by atoms with van der Waals surface area (Å²) in [5.74, 6) is -0.431. The predicted octanol–water partition coefficient (Wildman–Crippen LogP) is 5.14. The van der Waals surface area contributed by atoms with Crippen molar-refractivity contribution in [2.45, 2.75) is 12.5 Å². The first kappa shape index (κ1) is 14.8. The molecule has 0 saturated heterocycles. The first-order chi connectivity index (χ1) is 8.97. The van der Waals surface area contributed by atoms with Gasteiger partial charge in [-0.2, -0.15) is 0 Å². The van der Waals surface area contributed by atoms with Crippen LogP contribution in [0.15, 0.2) is 40.9 Å². The van der Waals surface area contributed by atoms with Gasteiger partial charge in [-0.1, -0.05) is 45.2 Å². The van der Waals surface area contributed by atoms with E-state index in [1.165, 1.54) is 6.07 Å². The van der Waals surface area contributed by atoms with Gasteiger partial charge < -0.3 is 5.73 Å². The average molecular weight is 363 g/mol. The number of halogens is 4. The number of nitrogens with two attached hydrogens (primary N) is 1. The second kappa shape index (κ2) is 6.23. The molecule has 100 valence electrons. The van der Waals surface area contributed by atoms with Crippen molar-refractivity contribution in [2.24, 2.45) is 5.73 Å². The van der Waals surface area contributed by atoms with E-state index in [1.807, 2.05) is 12.1 Å². The number of benzene rings is 2. The highest BCUT2D eigenvalue weighted by Gasteiger charge is 2.12. The van der Waals surface area contributed by atoms with Gasteiger partial charge in [-0.25, -0.2) is 4.39 Å². The van der Waals surface area contributed by atoms with Crippen molar-refractivity contribution in [1.82, 2.24) is 0 Å². The Morgan fingerprint density at radius 3 is 2.53 bits per heavy atom. The highest BCUT2D eigenvalue weighted by Crippen LogP contribution is 2.28. The lowest BCUT2D eigenvalue weighted by Gasteiger charge is -2.14. The molecule has 0 fully saturated rings. The van der Waals surface area contributed by atoms with Crippen molar-refractivity contribution in [3.63, 3.8) is 0 Å². The highest BCUT2D eigenvalue weighted by molar-refractivity contribution is 9.10. The molecule has 1 nitrogen and oxygen atoms in total. The summed E-state index contributed by atoms with van der Waals surface area (Å²) in [7, 11) is 0. The van der Waals surface area contributed by atoms with E-state index in [9.17, 15) is 4.39 Å². The van der Waals surface area contributed by atoms with Gasteiger partial charge in [0.1, 0.15) is 5.82 Å². The Bertz CT molecular complexity index is 604.